The minimum absolute atomic E-state index is 0.283. The molecule has 0 aliphatic carbocycles. The van der Waals surface area contributed by atoms with Crippen molar-refractivity contribution in [3.05, 3.63) is 63.9 Å². The van der Waals surface area contributed by atoms with E-state index in [1.807, 2.05) is 30.5 Å². The van der Waals surface area contributed by atoms with Gasteiger partial charge in [-0.3, -0.25) is 0 Å². The number of benzene rings is 2. The second-order valence-electron chi connectivity index (χ2n) is 3.79. The lowest BCUT2D eigenvalue weighted by molar-refractivity contribution is 0.212. The molecule has 2 aromatic rings. The highest BCUT2D eigenvalue weighted by atomic mass is 79.9. The highest BCUT2D eigenvalue weighted by molar-refractivity contribution is 9.10. The van der Waals surface area contributed by atoms with E-state index in [-0.39, 0.29) is 5.56 Å². The maximum absolute atomic E-state index is 14.0. The highest BCUT2D eigenvalue weighted by Crippen LogP contribution is 2.32. The second kappa shape index (κ2) is 5.87. The smallest absolute Gasteiger partial charge is 0.143 e. The van der Waals surface area contributed by atoms with Gasteiger partial charge >= 0.3 is 0 Å². The molecule has 0 spiro atoms. The van der Waals surface area contributed by atoms with Gasteiger partial charge in [0.15, 0.2) is 0 Å². The number of halogens is 2. The monoisotopic (exact) mass is 326 g/mol. The predicted molar refractivity (Wildman–Crippen MR) is 76.4 cm³/mol. The Morgan fingerprint density at radius 2 is 1.78 bits per heavy atom. The zero-order valence-electron chi connectivity index (χ0n) is 9.73. The van der Waals surface area contributed by atoms with Crippen LogP contribution in [0, 0.1) is 5.82 Å². The van der Waals surface area contributed by atoms with Crippen LogP contribution in [0.5, 0.6) is 0 Å². The third kappa shape index (κ3) is 2.60. The largest absolute Gasteiger partial charge is 0.384 e. The summed E-state index contributed by atoms with van der Waals surface area (Å²) >= 11 is 4.67. The average molecular weight is 327 g/mol. The van der Waals surface area contributed by atoms with Crippen molar-refractivity contribution in [3.8, 4) is 0 Å². The first kappa shape index (κ1) is 13.6. The summed E-state index contributed by atoms with van der Waals surface area (Å²) < 4.78 is 14.3. The lowest BCUT2D eigenvalue weighted by Gasteiger charge is -2.16. The highest BCUT2D eigenvalue weighted by Gasteiger charge is 2.18. The van der Waals surface area contributed by atoms with Crippen molar-refractivity contribution in [2.24, 2.45) is 0 Å². The molecule has 1 N–H and O–H groups in total. The van der Waals surface area contributed by atoms with Gasteiger partial charge in [0, 0.05) is 10.5 Å². The quantitative estimate of drug-likeness (QED) is 0.844. The summed E-state index contributed by atoms with van der Waals surface area (Å²) in [6.07, 6.45) is 0.981. The molecular formula is C14H12BrFOS. The standard InChI is InChI=1S/C14H12BrFOS/c1-18-12-8-3-2-5-9(12)14(17)10-6-4-7-11(15)13(10)16/h2-8,14,17H,1H3. The summed E-state index contributed by atoms with van der Waals surface area (Å²) in [5.74, 6) is -0.416. The number of rotatable bonds is 3. The van der Waals surface area contributed by atoms with E-state index in [1.54, 1.807) is 18.2 Å². The zero-order chi connectivity index (χ0) is 13.1. The summed E-state index contributed by atoms with van der Waals surface area (Å²) in [4.78, 5) is 0.948. The van der Waals surface area contributed by atoms with Crippen LogP contribution >= 0.6 is 27.7 Å². The fraction of sp³-hybridized carbons (Fsp3) is 0.143. The fourth-order valence-electron chi connectivity index (χ4n) is 1.79. The molecule has 94 valence electrons. The van der Waals surface area contributed by atoms with Crippen molar-refractivity contribution in [1.29, 1.82) is 0 Å². The summed E-state index contributed by atoms with van der Waals surface area (Å²) in [5, 5.41) is 10.3. The number of aliphatic hydroxyl groups is 1. The van der Waals surface area contributed by atoms with Gasteiger partial charge in [-0.2, -0.15) is 0 Å². The van der Waals surface area contributed by atoms with Gasteiger partial charge in [0.1, 0.15) is 11.9 Å². The molecule has 0 aliphatic heterocycles. The summed E-state index contributed by atoms with van der Waals surface area (Å²) in [6.45, 7) is 0. The van der Waals surface area contributed by atoms with Crippen molar-refractivity contribution in [2.75, 3.05) is 6.26 Å². The van der Waals surface area contributed by atoms with Crippen LogP contribution in [0.2, 0.25) is 0 Å². The Balaban J connectivity index is 2.48. The Labute approximate surface area is 118 Å². The average Bonchev–Trinajstić information content (AvgIpc) is 2.41. The molecule has 0 aromatic heterocycles. The second-order valence-corrected chi connectivity index (χ2v) is 5.49. The van der Waals surface area contributed by atoms with E-state index in [0.717, 1.165) is 10.5 Å². The summed E-state index contributed by atoms with van der Waals surface area (Å²) in [6, 6.07) is 12.4. The zero-order valence-corrected chi connectivity index (χ0v) is 12.1. The first-order valence-corrected chi connectivity index (χ1v) is 7.41. The van der Waals surface area contributed by atoms with Crippen LogP contribution in [0.25, 0.3) is 0 Å². The Morgan fingerprint density at radius 1 is 1.11 bits per heavy atom. The molecule has 2 aromatic carbocycles. The molecule has 0 radical (unpaired) electrons. The molecule has 0 saturated carbocycles. The minimum Gasteiger partial charge on any atom is -0.384 e. The maximum Gasteiger partial charge on any atom is 0.143 e. The third-order valence-electron chi connectivity index (χ3n) is 2.71. The van der Waals surface area contributed by atoms with E-state index < -0.39 is 11.9 Å². The van der Waals surface area contributed by atoms with Crippen LogP contribution in [0.1, 0.15) is 17.2 Å². The number of hydrogen-bond acceptors (Lipinski definition) is 2. The van der Waals surface area contributed by atoms with Crippen LogP contribution in [-0.4, -0.2) is 11.4 Å². The molecule has 0 fully saturated rings. The van der Waals surface area contributed by atoms with Crippen LogP contribution in [-0.2, 0) is 0 Å². The number of hydrogen-bond donors (Lipinski definition) is 1. The minimum atomic E-state index is -0.953. The third-order valence-corrected chi connectivity index (χ3v) is 4.13. The van der Waals surface area contributed by atoms with Crippen LogP contribution in [0.15, 0.2) is 51.8 Å². The van der Waals surface area contributed by atoms with Gasteiger partial charge in [-0.1, -0.05) is 30.3 Å². The van der Waals surface area contributed by atoms with E-state index >= 15 is 0 Å². The van der Waals surface area contributed by atoms with E-state index in [9.17, 15) is 9.50 Å². The molecule has 18 heavy (non-hydrogen) atoms. The molecule has 0 bridgehead atoms. The SMILES string of the molecule is CSc1ccccc1C(O)c1cccc(Br)c1F. The Hall–Kier alpha value is -0.840. The van der Waals surface area contributed by atoms with Crippen molar-refractivity contribution in [1.82, 2.24) is 0 Å². The lowest BCUT2D eigenvalue weighted by Crippen LogP contribution is -2.04. The Morgan fingerprint density at radius 3 is 2.50 bits per heavy atom. The fourth-order valence-corrected chi connectivity index (χ4v) is 2.80. The maximum atomic E-state index is 14.0. The van der Waals surface area contributed by atoms with Crippen LogP contribution < -0.4 is 0 Å². The van der Waals surface area contributed by atoms with Crippen molar-refractivity contribution in [3.63, 3.8) is 0 Å². The molecule has 2 rings (SSSR count). The lowest BCUT2D eigenvalue weighted by atomic mass is 10.0. The molecule has 1 nitrogen and oxygen atoms in total. The normalized spacial score (nSPS) is 12.4. The van der Waals surface area contributed by atoms with Gasteiger partial charge in [0.2, 0.25) is 0 Å². The number of thioether (sulfide) groups is 1. The molecule has 1 atom stereocenters. The molecule has 4 heteroatoms. The summed E-state index contributed by atoms with van der Waals surface area (Å²) in [7, 11) is 0. The van der Waals surface area contributed by atoms with Gasteiger partial charge in [0.05, 0.1) is 4.47 Å². The van der Waals surface area contributed by atoms with Crippen LogP contribution in [0.4, 0.5) is 4.39 Å². The van der Waals surface area contributed by atoms with Crippen LogP contribution in [0.3, 0.4) is 0 Å². The Kier molecular flexibility index (Phi) is 4.43. The Bertz CT molecular complexity index is 559. The van der Waals surface area contributed by atoms with Gasteiger partial charge in [-0.25, -0.2) is 4.39 Å². The first-order chi connectivity index (χ1) is 8.65. The molecule has 0 aliphatic rings. The van der Waals surface area contributed by atoms with Gasteiger partial charge in [0.25, 0.3) is 0 Å². The van der Waals surface area contributed by atoms with E-state index in [4.69, 9.17) is 0 Å². The van der Waals surface area contributed by atoms with Gasteiger partial charge in [-0.05, 0) is 39.9 Å². The first-order valence-electron chi connectivity index (χ1n) is 5.40. The van der Waals surface area contributed by atoms with E-state index in [0.29, 0.717) is 4.47 Å². The van der Waals surface area contributed by atoms with Gasteiger partial charge in [-0.15, -0.1) is 11.8 Å². The molecule has 1 unspecified atom stereocenters. The van der Waals surface area contributed by atoms with E-state index in [2.05, 4.69) is 15.9 Å². The van der Waals surface area contributed by atoms with Crippen molar-refractivity contribution >= 4 is 27.7 Å². The van der Waals surface area contributed by atoms with Crippen molar-refractivity contribution in [2.45, 2.75) is 11.0 Å². The molecular weight excluding hydrogens is 315 g/mol. The molecule has 0 heterocycles. The van der Waals surface area contributed by atoms with Gasteiger partial charge < -0.3 is 5.11 Å². The summed E-state index contributed by atoms with van der Waals surface area (Å²) in [5.41, 5.74) is 1.01. The number of aliphatic hydroxyl groups excluding tert-OH is 1. The van der Waals surface area contributed by atoms with E-state index in [1.165, 1.54) is 11.8 Å². The topological polar surface area (TPSA) is 20.2 Å². The molecule has 0 saturated heterocycles. The predicted octanol–water partition coefficient (Wildman–Crippen LogP) is 4.39. The van der Waals surface area contributed by atoms with Crippen molar-refractivity contribution < 1.29 is 9.50 Å². The molecule has 0 amide bonds.